The number of methoxy groups -OCH3 is 3. The number of nitrogens with zero attached hydrogens (tertiary/aromatic N) is 2. The fraction of sp³-hybridized carbons (Fsp3) is 0.375. The first-order valence-corrected chi connectivity index (χ1v) is 10.2. The van der Waals surface area contributed by atoms with Crippen molar-refractivity contribution in [2.75, 3.05) is 48.0 Å². The van der Waals surface area contributed by atoms with E-state index in [1.807, 2.05) is 19.2 Å². The Morgan fingerprint density at radius 2 is 1.74 bits per heavy atom. The van der Waals surface area contributed by atoms with Crippen LogP contribution < -0.4 is 19.5 Å². The molecule has 0 saturated carbocycles. The van der Waals surface area contributed by atoms with E-state index in [1.54, 1.807) is 21.3 Å². The topological polar surface area (TPSA) is 55.3 Å². The largest absolute Gasteiger partial charge is 0.493 e. The normalized spacial score (nSPS) is 13.7. The van der Waals surface area contributed by atoms with Crippen LogP contribution in [0.15, 0.2) is 53.5 Å². The van der Waals surface area contributed by atoms with Crippen LogP contribution in [-0.4, -0.2) is 58.9 Å². The van der Waals surface area contributed by atoms with E-state index in [1.165, 1.54) is 11.1 Å². The molecule has 1 aliphatic rings. The van der Waals surface area contributed by atoms with Gasteiger partial charge in [-0.3, -0.25) is 4.99 Å². The number of nitrogens with one attached hydrogen (secondary N) is 1. The van der Waals surface area contributed by atoms with Crippen LogP contribution in [0.3, 0.4) is 0 Å². The summed E-state index contributed by atoms with van der Waals surface area (Å²) in [6.45, 7) is 2.54. The first kappa shape index (κ1) is 24.8. The smallest absolute Gasteiger partial charge is 0.203 e. The van der Waals surface area contributed by atoms with Crippen molar-refractivity contribution in [3.8, 4) is 17.2 Å². The van der Waals surface area contributed by atoms with Gasteiger partial charge in [-0.15, -0.1) is 24.0 Å². The summed E-state index contributed by atoms with van der Waals surface area (Å²) in [7, 11) is 6.73. The highest BCUT2D eigenvalue weighted by Gasteiger charge is 2.18. The summed E-state index contributed by atoms with van der Waals surface area (Å²) in [5.74, 6) is 2.91. The molecule has 3 rings (SSSR count). The molecule has 0 saturated heterocycles. The SMILES string of the molecule is CN=C(NCCc1ccc(OC)c(OC)c1OC)N1CC=C(c2ccccc2)CC1.I. The lowest BCUT2D eigenvalue weighted by atomic mass is 10.00. The van der Waals surface area contributed by atoms with E-state index in [0.29, 0.717) is 17.2 Å². The molecule has 0 aliphatic carbocycles. The monoisotopic (exact) mass is 537 g/mol. The third-order valence-corrected chi connectivity index (χ3v) is 5.33. The molecular formula is C24H32IN3O3. The van der Waals surface area contributed by atoms with Gasteiger partial charge >= 0.3 is 0 Å². The number of guanidine groups is 1. The maximum absolute atomic E-state index is 5.58. The zero-order valence-corrected chi connectivity index (χ0v) is 21.0. The maximum atomic E-state index is 5.58. The lowest BCUT2D eigenvalue weighted by Crippen LogP contribution is -2.44. The molecule has 0 unspecified atom stereocenters. The number of hydrogen-bond donors (Lipinski definition) is 1. The predicted octanol–water partition coefficient (Wildman–Crippen LogP) is 4.24. The Morgan fingerprint density at radius 1 is 1.00 bits per heavy atom. The molecule has 2 aromatic rings. The molecule has 0 radical (unpaired) electrons. The first-order chi connectivity index (χ1) is 14.7. The van der Waals surface area contributed by atoms with Crippen LogP contribution >= 0.6 is 24.0 Å². The van der Waals surface area contributed by atoms with Crippen LogP contribution in [0, 0.1) is 0 Å². The van der Waals surface area contributed by atoms with Crippen molar-refractivity contribution in [3.63, 3.8) is 0 Å². The molecule has 0 aromatic heterocycles. The molecule has 1 heterocycles. The summed E-state index contributed by atoms with van der Waals surface area (Å²) in [5.41, 5.74) is 3.76. The molecule has 6 nitrogen and oxygen atoms in total. The quantitative estimate of drug-likeness (QED) is 0.326. The number of ether oxygens (including phenoxy) is 3. The Balaban J connectivity index is 0.00000341. The Bertz CT molecular complexity index is 900. The van der Waals surface area contributed by atoms with Gasteiger partial charge in [0.15, 0.2) is 17.5 Å². The highest BCUT2D eigenvalue weighted by atomic mass is 127. The van der Waals surface area contributed by atoms with Crippen molar-refractivity contribution < 1.29 is 14.2 Å². The molecule has 168 valence electrons. The van der Waals surface area contributed by atoms with E-state index in [2.05, 4.69) is 51.6 Å². The van der Waals surface area contributed by atoms with Crippen molar-refractivity contribution in [2.24, 2.45) is 4.99 Å². The summed E-state index contributed by atoms with van der Waals surface area (Å²) in [6, 6.07) is 14.5. The number of rotatable bonds is 7. The van der Waals surface area contributed by atoms with Gasteiger partial charge in [-0.2, -0.15) is 0 Å². The van der Waals surface area contributed by atoms with Gasteiger partial charge in [-0.1, -0.05) is 42.5 Å². The van der Waals surface area contributed by atoms with Crippen LogP contribution in [0.1, 0.15) is 17.5 Å². The highest BCUT2D eigenvalue weighted by Crippen LogP contribution is 2.39. The predicted molar refractivity (Wildman–Crippen MR) is 137 cm³/mol. The minimum absolute atomic E-state index is 0. The standard InChI is InChI=1S/C24H31N3O3.HI/c1-25-24(27-16-13-19(14-17-27)18-8-6-5-7-9-18)26-15-12-20-10-11-21(28-2)23(30-4)22(20)29-3;/h5-11,13H,12,14-17H2,1-4H3,(H,25,26);1H. The van der Waals surface area contributed by atoms with Crippen LogP contribution in [0.5, 0.6) is 17.2 Å². The summed E-state index contributed by atoms with van der Waals surface area (Å²) in [5, 5.41) is 3.48. The second kappa shape index (κ2) is 12.4. The zero-order valence-electron chi connectivity index (χ0n) is 18.7. The molecule has 31 heavy (non-hydrogen) atoms. The van der Waals surface area contributed by atoms with Gasteiger partial charge < -0.3 is 24.4 Å². The average Bonchev–Trinajstić information content (AvgIpc) is 2.82. The van der Waals surface area contributed by atoms with Crippen molar-refractivity contribution in [1.82, 2.24) is 10.2 Å². The van der Waals surface area contributed by atoms with Crippen LogP contribution in [0.25, 0.3) is 5.57 Å². The van der Waals surface area contributed by atoms with E-state index >= 15 is 0 Å². The fourth-order valence-corrected chi connectivity index (χ4v) is 3.78. The maximum Gasteiger partial charge on any atom is 0.203 e. The Morgan fingerprint density at radius 3 is 2.32 bits per heavy atom. The van der Waals surface area contributed by atoms with E-state index in [-0.39, 0.29) is 24.0 Å². The number of aliphatic imine (C=N–C) groups is 1. The van der Waals surface area contributed by atoms with Gasteiger partial charge in [-0.25, -0.2) is 0 Å². The number of benzene rings is 2. The number of hydrogen-bond acceptors (Lipinski definition) is 4. The Hall–Kier alpha value is -2.42. The van der Waals surface area contributed by atoms with Gasteiger partial charge in [0.05, 0.1) is 21.3 Å². The van der Waals surface area contributed by atoms with Crippen LogP contribution in [0.4, 0.5) is 0 Å². The van der Waals surface area contributed by atoms with Crippen molar-refractivity contribution in [3.05, 3.63) is 59.7 Å². The summed E-state index contributed by atoms with van der Waals surface area (Å²) in [6.07, 6.45) is 4.08. The third kappa shape index (κ3) is 6.06. The fourth-order valence-electron chi connectivity index (χ4n) is 3.78. The third-order valence-electron chi connectivity index (χ3n) is 5.33. The molecule has 0 spiro atoms. The molecule has 0 atom stereocenters. The van der Waals surface area contributed by atoms with Gasteiger partial charge in [0.2, 0.25) is 5.75 Å². The lowest BCUT2D eigenvalue weighted by Gasteiger charge is -2.30. The average molecular weight is 537 g/mol. The van der Waals surface area contributed by atoms with Gasteiger partial charge in [0, 0.05) is 32.2 Å². The molecule has 7 heteroatoms. The molecular weight excluding hydrogens is 505 g/mol. The minimum atomic E-state index is 0. The summed E-state index contributed by atoms with van der Waals surface area (Å²) in [4.78, 5) is 6.75. The molecule has 0 bridgehead atoms. The minimum Gasteiger partial charge on any atom is -0.493 e. The Labute approximate surface area is 202 Å². The molecule has 0 amide bonds. The van der Waals surface area contributed by atoms with Gasteiger partial charge in [0.1, 0.15) is 0 Å². The van der Waals surface area contributed by atoms with Gasteiger partial charge in [0.25, 0.3) is 0 Å². The Kier molecular flexibility index (Phi) is 9.97. The first-order valence-electron chi connectivity index (χ1n) is 10.2. The summed E-state index contributed by atoms with van der Waals surface area (Å²) >= 11 is 0. The van der Waals surface area contributed by atoms with E-state index in [0.717, 1.165) is 44.0 Å². The second-order valence-corrected chi connectivity index (χ2v) is 7.01. The molecule has 2 aromatic carbocycles. The van der Waals surface area contributed by atoms with E-state index < -0.39 is 0 Å². The summed E-state index contributed by atoms with van der Waals surface area (Å²) < 4.78 is 16.4. The van der Waals surface area contributed by atoms with Crippen molar-refractivity contribution in [2.45, 2.75) is 12.8 Å². The van der Waals surface area contributed by atoms with Crippen LogP contribution in [-0.2, 0) is 6.42 Å². The van der Waals surface area contributed by atoms with E-state index in [4.69, 9.17) is 14.2 Å². The molecule has 1 N–H and O–H groups in total. The van der Waals surface area contributed by atoms with Crippen LogP contribution in [0.2, 0.25) is 0 Å². The van der Waals surface area contributed by atoms with Crippen molar-refractivity contribution in [1.29, 1.82) is 0 Å². The lowest BCUT2D eigenvalue weighted by molar-refractivity contribution is 0.322. The molecule has 0 fully saturated rings. The van der Waals surface area contributed by atoms with Crippen molar-refractivity contribution >= 4 is 35.5 Å². The van der Waals surface area contributed by atoms with E-state index in [9.17, 15) is 0 Å². The zero-order chi connectivity index (χ0) is 21.3. The highest BCUT2D eigenvalue weighted by molar-refractivity contribution is 14.0. The van der Waals surface area contributed by atoms with Gasteiger partial charge in [-0.05, 0) is 30.0 Å². The second-order valence-electron chi connectivity index (χ2n) is 7.01. The number of halogens is 1. The molecule has 1 aliphatic heterocycles.